The van der Waals surface area contributed by atoms with Gasteiger partial charge in [0.1, 0.15) is 0 Å². The average Bonchev–Trinajstić information content (AvgIpc) is 3.29. The van der Waals surface area contributed by atoms with Crippen molar-refractivity contribution in [2.45, 2.75) is 51.5 Å². The number of nitrogens with zero attached hydrogens (tertiary/aromatic N) is 4. The van der Waals surface area contributed by atoms with Gasteiger partial charge >= 0.3 is 0 Å². The van der Waals surface area contributed by atoms with Gasteiger partial charge in [-0.15, -0.1) is 0 Å². The first kappa shape index (κ1) is 21.4. The van der Waals surface area contributed by atoms with Crippen LogP contribution in [0.3, 0.4) is 0 Å². The Bertz CT molecular complexity index is 1250. The standard InChI is InChI=1S/C25H29N5O3/c1-2-23(31)29-12-10-20-19(16-29)25(33)30-22(26-20)14-21(27-30)18-9-6-11-28(15-18)24(32)13-17-7-4-3-5-8-17/h3-5,7-8,14,18,27H,2,6,9-13,15-16H2,1H3/t18-/m0/s1. The molecule has 0 bridgehead atoms. The number of aromatic amines is 1. The third-order valence-electron chi connectivity index (χ3n) is 6.85. The Hall–Kier alpha value is -3.42. The van der Waals surface area contributed by atoms with Gasteiger partial charge in [-0.25, -0.2) is 9.50 Å². The van der Waals surface area contributed by atoms with E-state index in [1.165, 1.54) is 4.52 Å². The SMILES string of the molecule is CCC(=O)N1CCc2nc3cc([C@H]4CCCN(C(=O)Cc5ccccc5)C4)[nH]n3c(=O)c2C1. The Morgan fingerprint density at radius 2 is 1.94 bits per heavy atom. The van der Waals surface area contributed by atoms with E-state index in [0.29, 0.717) is 50.1 Å². The van der Waals surface area contributed by atoms with Crippen LogP contribution in [0.5, 0.6) is 0 Å². The minimum Gasteiger partial charge on any atom is -0.342 e. The van der Waals surface area contributed by atoms with Crippen LogP contribution < -0.4 is 5.56 Å². The summed E-state index contributed by atoms with van der Waals surface area (Å²) in [5.74, 6) is 0.322. The van der Waals surface area contributed by atoms with E-state index in [9.17, 15) is 14.4 Å². The molecule has 0 unspecified atom stereocenters. The molecular weight excluding hydrogens is 418 g/mol. The van der Waals surface area contributed by atoms with Gasteiger partial charge < -0.3 is 9.80 Å². The summed E-state index contributed by atoms with van der Waals surface area (Å²) in [5.41, 5.74) is 3.80. The number of hydrogen-bond acceptors (Lipinski definition) is 4. The highest BCUT2D eigenvalue weighted by Gasteiger charge is 2.28. The molecule has 0 radical (unpaired) electrons. The molecule has 5 rings (SSSR count). The van der Waals surface area contributed by atoms with E-state index in [2.05, 4.69) is 5.10 Å². The maximum atomic E-state index is 13.2. The second-order valence-corrected chi connectivity index (χ2v) is 9.01. The van der Waals surface area contributed by atoms with E-state index in [4.69, 9.17) is 4.98 Å². The van der Waals surface area contributed by atoms with Gasteiger partial charge in [0.25, 0.3) is 5.56 Å². The number of amides is 2. The van der Waals surface area contributed by atoms with Crippen molar-refractivity contribution >= 4 is 17.5 Å². The van der Waals surface area contributed by atoms with E-state index >= 15 is 0 Å². The minimum absolute atomic E-state index is 0.0554. The molecule has 0 spiro atoms. The van der Waals surface area contributed by atoms with E-state index in [1.54, 1.807) is 4.90 Å². The first-order chi connectivity index (χ1) is 16.0. The van der Waals surface area contributed by atoms with Crippen LogP contribution in [-0.2, 0) is 29.0 Å². The maximum Gasteiger partial charge on any atom is 0.277 e. The Kier molecular flexibility index (Phi) is 5.74. The number of carbonyl (C=O) groups excluding carboxylic acids is 2. The van der Waals surface area contributed by atoms with Crippen molar-refractivity contribution in [3.05, 3.63) is 69.3 Å². The summed E-state index contributed by atoms with van der Waals surface area (Å²) in [4.78, 5) is 46.6. The zero-order valence-electron chi connectivity index (χ0n) is 18.9. The molecule has 1 fully saturated rings. The molecule has 3 aromatic rings. The predicted octanol–water partition coefficient (Wildman–Crippen LogP) is 2.27. The lowest BCUT2D eigenvalue weighted by atomic mass is 9.94. The number of hydrogen-bond donors (Lipinski definition) is 1. The summed E-state index contributed by atoms with van der Waals surface area (Å²) >= 11 is 0. The van der Waals surface area contributed by atoms with Crippen molar-refractivity contribution in [1.82, 2.24) is 24.4 Å². The third kappa shape index (κ3) is 4.17. The number of nitrogens with one attached hydrogen (secondary N) is 1. The predicted molar refractivity (Wildman–Crippen MR) is 124 cm³/mol. The van der Waals surface area contributed by atoms with Gasteiger partial charge in [0, 0.05) is 50.2 Å². The highest BCUT2D eigenvalue weighted by Crippen LogP contribution is 2.27. The lowest BCUT2D eigenvalue weighted by Crippen LogP contribution is -2.40. The van der Waals surface area contributed by atoms with Gasteiger partial charge in [0.15, 0.2) is 5.65 Å². The Morgan fingerprint density at radius 1 is 1.12 bits per heavy atom. The number of rotatable bonds is 4. The zero-order chi connectivity index (χ0) is 22.9. The molecule has 0 aliphatic carbocycles. The molecule has 8 heteroatoms. The fraction of sp³-hybridized carbons (Fsp3) is 0.440. The van der Waals surface area contributed by atoms with Crippen molar-refractivity contribution in [3.63, 3.8) is 0 Å². The average molecular weight is 448 g/mol. The first-order valence-corrected chi connectivity index (χ1v) is 11.8. The van der Waals surface area contributed by atoms with Gasteiger partial charge in [-0.1, -0.05) is 37.3 Å². The summed E-state index contributed by atoms with van der Waals surface area (Å²) in [6.45, 7) is 4.14. The molecule has 1 saturated heterocycles. The molecule has 4 heterocycles. The fourth-order valence-electron chi connectivity index (χ4n) is 4.99. The number of benzene rings is 1. The number of carbonyl (C=O) groups is 2. The highest BCUT2D eigenvalue weighted by atomic mass is 16.2. The van der Waals surface area contributed by atoms with Crippen molar-refractivity contribution in [2.75, 3.05) is 19.6 Å². The quantitative estimate of drug-likeness (QED) is 0.664. The third-order valence-corrected chi connectivity index (χ3v) is 6.85. The Balaban J connectivity index is 1.37. The molecule has 1 atom stereocenters. The van der Waals surface area contributed by atoms with Gasteiger partial charge in [-0.05, 0) is 18.4 Å². The number of fused-ring (bicyclic) bond motifs is 2. The Labute approximate surface area is 192 Å². The molecular formula is C25H29N5O3. The Morgan fingerprint density at radius 3 is 2.73 bits per heavy atom. The van der Waals surface area contributed by atoms with Gasteiger partial charge in [-0.3, -0.25) is 19.5 Å². The highest BCUT2D eigenvalue weighted by molar-refractivity contribution is 5.79. The normalized spacial score (nSPS) is 18.4. The maximum absolute atomic E-state index is 13.2. The minimum atomic E-state index is -0.136. The number of H-pyrrole nitrogens is 1. The smallest absolute Gasteiger partial charge is 0.277 e. The molecule has 1 N–H and O–H groups in total. The second-order valence-electron chi connectivity index (χ2n) is 9.01. The number of likely N-dealkylation sites (tertiary alicyclic amines) is 1. The van der Waals surface area contributed by atoms with Gasteiger partial charge in [0.2, 0.25) is 11.8 Å². The summed E-state index contributed by atoms with van der Waals surface area (Å²) < 4.78 is 1.50. The van der Waals surface area contributed by atoms with Crippen molar-refractivity contribution in [2.24, 2.45) is 0 Å². The van der Waals surface area contributed by atoms with Crippen LogP contribution >= 0.6 is 0 Å². The molecule has 0 saturated carbocycles. The van der Waals surface area contributed by atoms with E-state index in [-0.39, 0.29) is 23.3 Å². The molecule has 172 valence electrons. The molecule has 1 aromatic carbocycles. The summed E-state index contributed by atoms with van der Waals surface area (Å²) in [6.07, 6.45) is 3.31. The molecule has 8 nitrogen and oxygen atoms in total. The summed E-state index contributed by atoms with van der Waals surface area (Å²) in [5, 5.41) is 3.25. The van der Waals surface area contributed by atoms with Crippen LogP contribution in [0.2, 0.25) is 0 Å². The van der Waals surface area contributed by atoms with Crippen LogP contribution in [0.25, 0.3) is 5.65 Å². The van der Waals surface area contributed by atoms with E-state index < -0.39 is 0 Å². The van der Waals surface area contributed by atoms with Crippen LogP contribution in [0.1, 0.15) is 54.6 Å². The van der Waals surface area contributed by atoms with Crippen molar-refractivity contribution in [1.29, 1.82) is 0 Å². The van der Waals surface area contributed by atoms with Gasteiger partial charge in [0.05, 0.1) is 24.2 Å². The largest absolute Gasteiger partial charge is 0.342 e. The van der Waals surface area contributed by atoms with Crippen molar-refractivity contribution < 1.29 is 9.59 Å². The topological polar surface area (TPSA) is 90.8 Å². The first-order valence-electron chi connectivity index (χ1n) is 11.8. The second kappa shape index (κ2) is 8.84. The molecule has 33 heavy (non-hydrogen) atoms. The lowest BCUT2D eigenvalue weighted by Gasteiger charge is -2.32. The van der Waals surface area contributed by atoms with Crippen LogP contribution in [0, 0.1) is 0 Å². The monoisotopic (exact) mass is 447 g/mol. The molecule has 2 aromatic heterocycles. The summed E-state index contributed by atoms with van der Waals surface area (Å²) in [6, 6.07) is 11.8. The summed E-state index contributed by atoms with van der Waals surface area (Å²) in [7, 11) is 0. The van der Waals surface area contributed by atoms with Crippen LogP contribution in [0.15, 0.2) is 41.2 Å². The number of aromatic nitrogens is 3. The fourth-order valence-corrected chi connectivity index (χ4v) is 4.99. The van der Waals surface area contributed by atoms with Crippen molar-refractivity contribution in [3.8, 4) is 0 Å². The van der Waals surface area contributed by atoms with E-state index in [0.717, 1.165) is 36.3 Å². The van der Waals surface area contributed by atoms with E-state index in [1.807, 2.05) is 48.2 Å². The van der Waals surface area contributed by atoms with Crippen LogP contribution in [-0.4, -0.2) is 55.8 Å². The lowest BCUT2D eigenvalue weighted by molar-refractivity contribution is -0.132. The molecule has 2 amide bonds. The molecule has 2 aliphatic rings. The van der Waals surface area contributed by atoms with Crippen LogP contribution in [0.4, 0.5) is 0 Å². The van der Waals surface area contributed by atoms with Gasteiger partial charge in [-0.2, -0.15) is 0 Å². The number of piperidine rings is 1. The molecule has 2 aliphatic heterocycles. The zero-order valence-corrected chi connectivity index (χ0v) is 18.9.